The number of thiazole rings is 1. The summed E-state index contributed by atoms with van der Waals surface area (Å²) < 4.78 is 18.9. The Morgan fingerprint density at radius 1 is 1.38 bits per heavy atom. The second kappa shape index (κ2) is 7.38. The number of anilines is 1. The number of methoxy groups -OCH3 is 1. The van der Waals surface area contributed by atoms with Crippen LogP contribution in [0.4, 0.5) is 9.52 Å². The number of hydrogen-bond acceptors (Lipinski definition) is 5. The monoisotopic (exact) mass is 310 g/mol. The SMILES string of the molecule is CCCN(CCO)c1nc(-c2cccc(F)c2OC)cs1. The highest BCUT2D eigenvalue weighted by Crippen LogP contribution is 2.34. The molecular weight excluding hydrogens is 291 g/mol. The number of aliphatic hydroxyl groups excluding tert-OH is 1. The number of nitrogens with zero attached hydrogens (tertiary/aromatic N) is 2. The van der Waals surface area contributed by atoms with Crippen LogP contribution in [0.2, 0.25) is 0 Å². The maximum atomic E-state index is 13.8. The van der Waals surface area contributed by atoms with Gasteiger partial charge in [-0.1, -0.05) is 13.0 Å². The molecule has 114 valence electrons. The van der Waals surface area contributed by atoms with Crippen LogP contribution >= 0.6 is 11.3 Å². The summed E-state index contributed by atoms with van der Waals surface area (Å²) in [6.07, 6.45) is 0.970. The lowest BCUT2D eigenvalue weighted by molar-refractivity contribution is 0.302. The maximum absolute atomic E-state index is 13.8. The Labute approximate surface area is 127 Å². The summed E-state index contributed by atoms with van der Waals surface area (Å²) in [5, 5.41) is 11.8. The van der Waals surface area contributed by atoms with Gasteiger partial charge in [-0.05, 0) is 18.6 Å². The lowest BCUT2D eigenvalue weighted by Crippen LogP contribution is -2.27. The van der Waals surface area contributed by atoms with Gasteiger partial charge in [-0.15, -0.1) is 11.3 Å². The third-order valence-corrected chi connectivity index (χ3v) is 3.97. The maximum Gasteiger partial charge on any atom is 0.185 e. The van der Waals surface area contributed by atoms with E-state index >= 15 is 0 Å². The van der Waals surface area contributed by atoms with Crippen LogP contribution in [0.5, 0.6) is 5.75 Å². The van der Waals surface area contributed by atoms with E-state index in [9.17, 15) is 4.39 Å². The Morgan fingerprint density at radius 3 is 2.86 bits per heavy atom. The molecule has 0 amide bonds. The summed E-state index contributed by atoms with van der Waals surface area (Å²) in [5.74, 6) is -0.191. The van der Waals surface area contributed by atoms with Crippen LogP contribution in [0, 0.1) is 5.82 Å². The topological polar surface area (TPSA) is 45.6 Å². The fraction of sp³-hybridized carbons (Fsp3) is 0.400. The van der Waals surface area contributed by atoms with Crippen LogP contribution in [0.1, 0.15) is 13.3 Å². The molecule has 0 aliphatic carbocycles. The summed E-state index contributed by atoms with van der Waals surface area (Å²) in [5.41, 5.74) is 1.32. The molecule has 0 radical (unpaired) electrons. The number of aromatic nitrogens is 1. The van der Waals surface area contributed by atoms with Gasteiger partial charge < -0.3 is 14.7 Å². The predicted octanol–water partition coefficient (Wildman–Crippen LogP) is 3.17. The highest BCUT2D eigenvalue weighted by Gasteiger charge is 2.16. The van der Waals surface area contributed by atoms with Crippen molar-refractivity contribution >= 4 is 16.5 Å². The van der Waals surface area contributed by atoms with E-state index in [1.165, 1.54) is 24.5 Å². The number of hydrogen-bond donors (Lipinski definition) is 1. The van der Waals surface area contributed by atoms with E-state index in [-0.39, 0.29) is 12.4 Å². The zero-order chi connectivity index (χ0) is 15.2. The standard InChI is InChI=1S/C15H19FN2O2S/c1-3-7-18(8-9-19)15-17-13(10-21-15)11-5-4-6-12(16)14(11)20-2/h4-6,10,19H,3,7-9H2,1-2H3. The molecular formula is C15H19FN2O2S. The first-order chi connectivity index (χ1) is 10.2. The minimum Gasteiger partial charge on any atom is -0.493 e. The van der Waals surface area contributed by atoms with Crippen LogP contribution in [0.3, 0.4) is 0 Å². The summed E-state index contributed by atoms with van der Waals surface area (Å²) in [6, 6.07) is 4.80. The second-order valence-corrected chi connectivity index (χ2v) is 5.38. The van der Waals surface area contributed by atoms with E-state index in [2.05, 4.69) is 11.9 Å². The van der Waals surface area contributed by atoms with E-state index in [1.54, 1.807) is 12.1 Å². The normalized spacial score (nSPS) is 10.7. The van der Waals surface area contributed by atoms with Gasteiger partial charge in [0.15, 0.2) is 16.7 Å². The molecule has 0 saturated carbocycles. The Kier molecular flexibility index (Phi) is 5.52. The number of benzene rings is 1. The van der Waals surface area contributed by atoms with Crippen molar-refractivity contribution in [2.75, 3.05) is 31.7 Å². The van der Waals surface area contributed by atoms with Crippen molar-refractivity contribution in [2.24, 2.45) is 0 Å². The zero-order valence-electron chi connectivity index (χ0n) is 12.2. The molecule has 2 rings (SSSR count). The molecule has 0 saturated heterocycles. The van der Waals surface area contributed by atoms with Crippen molar-refractivity contribution < 1.29 is 14.2 Å². The van der Waals surface area contributed by atoms with Crippen molar-refractivity contribution in [3.8, 4) is 17.0 Å². The minimum absolute atomic E-state index is 0.0815. The molecule has 21 heavy (non-hydrogen) atoms. The van der Waals surface area contributed by atoms with Gasteiger partial charge in [-0.3, -0.25) is 0 Å². The van der Waals surface area contributed by atoms with E-state index in [4.69, 9.17) is 9.84 Å². The lowest BCUT2D eigenvalue weighted by Gasteiger charge is -2.19. The molecule has 2 aromatic rings. The smallest absolute Gasteiger partial charge is 0.185 e. The number of aliphatic hydroxyl groups is 1. The Balaban J connectivity index is 2.33. The van der Waals surface area contributed by atoms with Crippen LogP contribution in [-0.2, 0) is 0 Å². The first-order valence-corrected chi connectivity index (χ1v) is 7.73. The molecule has 1 aromatic carbocycles. The third-order valence-electron chi connectivity index (χ3n) is 3.07. The molecule has 0 unspecified atom stereocenters. The predicted molar refractivity (Wildman–Crippen MR) is 83.6 cm³/mol. The van der Waals surface area contributed by atoms with Gasteiger partial charge in [0.05, 0.1) is 19.4 Å². The molecule has 0 spiro atoms. The van der Waals surface area contributed by atoms with E-state index < -0.39 is 5.82 Å². The first kappa shape index (κ1) is 15.7. The number of para-hydroxylation sites is 1. The zero-order valence-corrected chi connectivity index (χ0v) is 13.0. The van der Waals surface area contributed by atoms with E-state index in [0.717, 1.165) is 18.1 Å². The van der Waals surface area contributed by atoms with Crippen molar-refractivity contribution in [1.29, 1.82) is 0 Å². The van der Waals surface area contributed by atoms with Gasteiger partial charge in [0.1, 0.15) is 0 Å². The Hall–Kier alpha value is -1.66. The molecule has 1 heterocycles. The van der Waals surface area contributed by atoms with Crippen molar-refractivity contribution in [3.05, 3.63) is 29.4 Å². The highest BCUT2D eigenvalue weighted by atomic mass is 32.1. The Bertz CT molecular complexity index is 583. The second-order valence-electron chi connectivity index (χ2n) is 4.55. The first-order valence-electron chi connectivity index (χ1n) is 6.85. The van der Waals surface area contributed by atoms with Gasteiger partial charge in [0.25, 0.3) is 0 Å². The van der Waals surface area contributed by atoms with Gasteiger partial charge >= 0.3 is 0 Å². The van der Waals surface area contributed by atoms with Crippen LogP contribution in [-0.4, -0.2) is 36.9 Å². The van der Waals surface area contributed by atoms with Crippen LogP contribution in [0.15, 0.2) is 23.6 Å². The van der Waals surface area contributed by atoms with Crippen molar-refractivity contribution in [2.45, 2.75) is 13.3 Å². The van der Waals surface area contributed by atoms with Gasteiger partial charge in [-0.2, -0.15) is 0 Å². The average molecular weight is 310 g/mol. The minimum atomic E-state index is -0.398. The quantitative estimate of drug-likeness (QED) is 0.853. The van der Waals surface area contributed by atoms with Crippen molar-refractivity contribution in [1.82, 2.24) is 4.98 Å². The van der Waals surface area contributed by atoms with Gasteiger partial charge in [0.2, 0.25) is 0 Å². The number of rotatable bonds is 7. The average Bonchev–Trinajstić information content (AvgIpc) is 2.96. The van der Waals surface area contributed by atoms with Gasteiger partial charge in [0, 0.05) is 24.0 Å². The van der Waals surface area contributed by atoms with Crippen molar-refractivity contribution in [3.63, 3.8) is 0 Å². The fourth-order valence-corrected chi connectivity index (χ4v) is 3.02. The summed E-state index contributed by atoms with van der Waals surface area (Å²) >= 11 is 1.48. The number of ether oxygens (including phenoxy) is 1. The number of halogens is 1. The molecule has 0 fully saturated rings. The summed E-state index contributed by atoms with van der Waals surface area (Å²) in [6.45, 7) is 3.53. The lowest BCUT2D eigenvalue weighted by atomic mass is 10.1. The van der Waals surface area contributed by atoms with E-state index in [0.29, 0.717) is 17.8 Å². The summed E-state index contributed by atoms with van der Waals surface area (Å²) in [4.78, 5) is 6.58. The molecule has 1 aromatic heterocycles. The van der Waals surface area contributed by atoms with Crippen LogP contribution < -0.4 is 9.64 Å². The summed E-state index contributed by atoms with van der Waals surface area (Å²) in [7, 11) is 1.45. The Morgan fingerprint density at radius 2 is 2.19 bits per heavy atom. The third kappa shape index (κ3) is 3.51. The molecule has 4 nitrogen and oxygen atoms in total. The molecule has 0 bridgehead atoms. The largest absolute Gasteiger partial charge is 0.493 e. The van der Waals surface area contributed by atoms with Gasteiger partial charge in [-0.25, -0.2) is 9.37 Å². The highest BCUT2D eigenvalue weighted by molar-refractivity contribution is 7.14. The molecule has 0 aliphatic heterocycles. The van der Waals surface area contributed by atoms with E-state index in [1.807, 2.05) is 10.3 Å². The van der Waals surface area contributed by atoms with Crippen LogP contribution in [0.25, 0.3) is 11.3 Å². The molecule has 0 atom stereocenters. The molecule has 1 N–H and O–H groups in total. The fourth-order valence-electron chi connectivity index (χ4n) is 2.14. The molecule has 6 heteroatoms. The molecule has 0 aliphatic rings.